The summed E-state index contributed by atoms with van der Waals surface area (Å²) in [6.45, 7) is 3.59. The highest BCUT2D eigenvalue weighted by Crippen LogP contribution is 2.26. The predicted octanol–water partition coefficient (Wildman–Crippen LogP) is 4.08. The van der Waals surface area contributed by atoms with Crippen molar-refractivity contribution in [1.82, 2.24) is 14.7 Å². The van der Waals surface area contributed by atoms with Gasteiger partial charge in [-0.3, -0.25) is 4.79 Å². The summed E-state index contributed by atoms with van der Waals surface area (Å²) < 4.78 is 7.57. The number of furan rings is 1. The molecule has 0 aliphatic carbocycles. The largest absolute Gasteiger partial charge is 0.460 e. The van der Waals surface area contributed by atoms with Gasteiger partial charge in [-0.05, 0) is 50.1 Å². The van der Waals surface area contributed by atoms with Gasteiger partial charge in [0.05, 0.1) is 5.69 Å². The van der Waals surface area contributed by atoms with Crippen LogP contribution in [0.15, 0.2) is 59.2 Å². The number of rotatable bonds is 4. The molecule has 4 rings (SSSR count). The van der Waals surface area contributed by atoms with Crippen LogP contribution in [0.5, 0.6) is 0 Å². The van der Waals surface area contributed by atoms with Crippen molar-refractivity contribution < 1.29 is 9.21 Å². The molecular formula is C21H21N3O2. The molecule has 5 heteroatoms. The Bertz CT molecular complexity index is 931. The average molecular weight is 347 g/mol. The number of aromatic nitrogens is 2. The van der Waals surface area contributed by atoms with E-state index in [1.54, 1.807) is 6.08 Å². The minimum Gasteiger partial charge on any atom is -0.460 e. The maximum atomic E-state index is 12.3. The Balaban J connectivity index is 1.69. The van der Waals surface area contributed by atoms with Crippen molar-refractivity contribution in [2.75, 3.05) is 13.1 Å². The average Bonchev–Trinajstić information content (AvgIpc) is 3.41. The van der Waals surface area contributed by atoms with Gasteiger partial charge in [-0.15, -0.1) is 0 Å². The SMILES string of the molecule is Cc1ccc(-c2nn(-c3ccccc3)cc2C=CC(=O)N2CCCC2)o1. The molecule has 0 N–H and O–H groups in total. The molecule has 132 valence electrons. The number of aryl methyl sites for hydroxylation is 1. The summed E-state index contributed by atoms with van der Waals surface area (Å²) in [7, 11) is 0. The van der Waals surface area contributed by atoms with E-state index in [9.17, 15) is 4.79 Å². The maximum absolute atomic E-state index is 12.3. The minimum atomic E-state index is 0.0523. The lowest BCUT2D eigenvalue weighted by atomic mass is 10.2. The lowest BCUT2D eigenvalue weighted by Crippen LogP contribution is -2.25. The fraction of sp³-hybridized carbons (Fsp3) is 0.238. The third-order valence-electron chi connectivity index (χ3n) is 4.56. The van der Waals surface area contributed by atoms with Crippen molar-refractivity contribution in [2.45, 2.75) is 19.8 Å². The summed E-state index contributed by atoms with van der Waals surface area (Å²) in [5.41, 5.74) is 2.55. The second-order valence-corrected chi connectivity index (χ2v) is 6.49. The molecule has 0 saturated carbocycles. The van der Waals surface area contributed by atoms with E-state index in [0.717, 1.165) is 48.6 Å². The number of likely N-dealkylation sites (tertiary alicyclic amines) is 1. The number of para-hydroxylation sites is 1. The van der Waals surface area contributed by atoms with Gasteiger partial charge in [0.2, 0.25) is 5.91 Å². The number of benzene rings is 1. The van der Waals surface area contributed by atoms with E-state index >= 15 is 0 Å². The van der Waals surface area contributed by atoms with Gasteiger partial charge in [0.15, 0.2) is 5.76 Å². The molecule has 3 heterocycles. The standard InChI is InChI=1S/C21H21N3O2/c1-16-9-11-19(26-16)21-17(10-12-20(25)23-13-5-6-14-23)15-24(22-21)18-7-3-2-4-8-18/h2-4,7-12,15H,5-6,13-14H2,1H3. The van der Waals surface area contributed by atoms with Crippen LogP contribution < -0.4 is 0 Å². The molecule has 1 saturated heterocycles. The molecule has 1 aliphatic heterocycles. The highest BCUT2D eigenvalue weighted by molar-refractivity contribution is 5.92. The summed E-state index contributed by atoms with van der Waals surface area (Å²) in [6, 6.07) is 13.7. The molecule has 0 spiro atoms. The first-order valence-electron chi connectivity index (χ1n) is 8.89. The second kappa shape index (κ2) is 7.04. The molecule has 1 amide bonds. The van der Waals surface area contributed by atoms with Gasteiger partial charge in [-0.1, -0.05) is 18.2 Å². The number of hydrogen-bond donors (Lipinski definition) is 0. The molecule has 0 unspecified atom stereocenters. The van der Waals surface area contributed by atoms with Crippen molar-refractivity contribution in [3.8, 4) is 17.1 Å². The van der Waals surface area contributed by atoms with Gasteiger partial charge in [-0.2, -0.15) is 5.10 Å². The number of amides is 1. The third kappa shape index (κ3) is 3.33. The molecule has 5 nitrogen and oxygen atoms in total. The fourth-order valence-electron chi connectivity index (χ4n) is 3.18. The molecule has 26 heavy (non-hydrogen) atoms. The van der Waals surface area contributed by atoms with Gasteiger partial charge >= 0.3 is 0 Å². The Hall–Kier alpha value is -3.08. The monoisotopic (exact) mass is 347 g/mol. The van der Waals surface area contributed by atoms with E-state index in [-0.39, 0.29) is 5.91 Å². The van der Waals surface area contributed by atoms with Crippen LogP contribution in [0.3, 0.4) is 0 Å². The van der Waals surface area contributed by atoms with E-state index < -0.39 is 0 Å². The van der Waals surface area contributed by atoms with Crippen LogP contribution in [-0.4, -0.2) is 33.7 Å². The van der Waals surface area contributed by atoms with Crippen LogP contribution in [0.4, 0.5) is 0 Å². The van der Waals surface area contributed by atoms with Gasteiger partial charge in [-0.25, -0.2) is 4.68 Å². The molecule has 0 bridgehead atoms. The van der Waals surface area contributed by atoms with Crippen LogP contribution in [0.25, 0.3) is 23.2 Å². The predicted molar refractivity (Wildman–Crippen MR) is 101 cm³/mol. The smallest absolute Gasteiger partial charge is 0.246 e. The lowest BCUT2D eigenvalue weighted by Gasteiger charge is -2.11. The first-order valence-corrected chi connectivity index (χ1v) is 8.89. The summed E-state index contributed by atoms with van der Waals surface area (Å²) in [6.07, 6.45) is 7.57. The van der Waals surface area contributed by atoms with Crippen LogP contribution in [0.1, 0.15) is 24.2 Å². The Labute approximate surface area is 152 Å². The molecule has 1 fully saturated rings. The minimum absolute atomic E-state index is 0.0523. The van der Waals surface area contributed by atoms with Crippen molar-refractivity contribution in [3.63, 3.8) is 0 Å². The topological polar surface area (TPSA) is 51.3 Å². The van der Waals surface area contributed by atoms with Crippen LogP contribution in [0.2, 0.25) is 0 Å². The third-order valence-corrected chi connectivity index (χ3v) is 4.56. The van der Waals surface area contributed by atoms with Crippen LogP contribution in [0, 0.1) is 6.92 Å². The first kappa shape index (κ1) is 16.4. The quantitative estimate of drug-likeness (QED) is 0.668. The van der Waals surface area contributed by atoms with Gasteiger partial charge in [0, 0.05) is 30.9 Å². The summed E-state index contributed by atoms with van der Waals surface area (Å²) in [5, 5.41) is 4.69. The summed E-state index contributed by atoms with van der Waals surface area (Å²) in [4.78, 5) is 14.2. The zero-order valence-electron chi connectivity index (χ0n) is 14.8. The zero-order chi connectivity index (χ0) is 17.9. The van der Waals surface area contributed by atoms with Gasteiger partial charge < -0.3 is 9.32 Å². The molecule has 3 aromatic rings. The highest BCUT2D eigenvalue weighted by Gasteiger charge is 2.17. The van der Waals surface area contributed by atoms with E-state index in [2.05, 4.69) is 5.10 Å². The van der Waals surface area contributed by atoms with E-state index in [0.29, 0.717) is 5.76 Å². The van der Waals surface area contributed by atoms with Crippen molar-refractivity contribution >= 4 is 12.0 Å². The molecule has 0 radical (unpaired) electrons. The van der Waals surface area contributed by atoms with Gasteiger partial charge in [0.1, 0.15) is 11.5 Å². The molecular weight excluding hydrogens is 326 g/mol. The van der Waals surface area contributed by atoms with Crippen molar-refractivity contribution in [1.29, 1.82) is 0 Å². The maximum Gasteiger partial charge on any atom is 0.246 e. The van der Waals surface area contributed by atoms with Crippen LogP contribution in [-0.2, 0) is 4.79 Å². The van der Waals surface area contributed by atoms with Crippen molar-refractivity contribution in [3.05, 3.63) is 66.1 Å². The number of carbonyl (C=O) groups is 1. The molecule has 1 aliphatic rings. The van der Waals surface area contributed by atoms with Crippen LogP contribution >= 0.6 is 0 Å². The van der Waals surface area contributed by atoms with E-state index in [4.69, 9.17) is 4.42 Å². The van der Waals surface area contributed by atoms with Gasteiger partial charge in [0.25, 0.3) is 0 Å². The number of nitrogens with zero attached hydrogens (tertiary/aromatic N) is 3. The van der Waals surface area contributed by atoms with Crippen molar-refractivity contribution in [2.24, 2.45) is 0 Å². The second-order valence-electron chi connectivity index (χ2n) is 6.49. The number of hydrogen-bond acceptors (Lipinski definition) is 3. The molecule has 2 aromatic heterocycles. The molecule has 0 atom stereocenters. The summed E-state index contributed by atoms with van der Waals surface area (Å²) in [5.74, 6) is 1.58. The molecule has 1 aromatic carbocycles. The Morgan fingerprint density at radius 2 is 1.88 bits per heavy atom. The normalized spacial score (nSPS) is 14.4. The first-order chi connectivity index (χ1) is 12.7. The highest BCUT2D eigenvalue weighted by atomic mass is 16.3. The number of carbonyl (C=O) groups excluding carboxylic acids is 1. The Morgan fingerprint density at radius 1 is 1.12 bits per heavy atom. The lowest BCUT2D eigenvalue weighted by molar-refractivity contribution is -0.124. The van der Waals surface area contributed by atoms with E-state index in [1.807, 2.05) is 71.2 Å². The van der Waals surface area contributed by atoms with E-state index in [1.165, 1.54) is 0 Å². The summed E-state index contributed by atoms with van der Waals surface area (Å²) >= 11 is 0. The fourth-order valence-corrected chi connectivity index (χ4v) is 3.18. The Morgan fingerprint density at radius 3 is 2.58 bits per heavy atom. The Kier molecular flexibility index (Phi) is 4.44. The zero-order valence-corrected chi connectivity index (χ0v) is 14.8.